The Morgan fingerprint density at radius 3 is 2.50 bits per heavy atom. The average Bonchev–Trinajstić information content (AvgIpc) is 2.55. The summed E-state index contributed by atoms with van der Waals surface area (Å²) < 4.78 is 13.4. The molecule has 0 bridgehead atoms. The van der Waals surface area contributed by atoms with E-state index in [0.717, 1.165) is 12.2 Å². The first kappa shape index (κ1) is 16.0. The summed E-state index contributed by atoms with van der Waals surface area (Å²) in [6.07, 6.45) is 0.725. The molecular formula is C18H21FN2O. The largest absolute Gasteiger partial charge is 0.373 e. The number of likely N-dealkylation sites (N-methyl/N-ethyl adjacent to an activating group) is 1. The molecular weight excluding hydrogens is 279 g/mol. The summed E-state index contributed by atoms with van der Waals surface area (Å²) in [5.41, 5.74) is 1.70. The first-order valence-corrected chi connectivity index (χ1v) is 7.43. The molecule has 0 saturated heterocycles. The Kier molecular flexibility index (Phi) is 5.95. The zero-order valence-corrected chi connectivity index (χ0v) is 12.8. The summed E-state index contributed by atoms with van der Waals surface area (Å²) in [4.78, 5) is 13.9. The van der Waals surface area contributed by atoms with Gasteiger partial charge in [-0.1, -0.05) is 36.4 Å². The molecule has 0 atom stereocenters. The zero-order valence-electron chi connectivity index (χ0n) is 12.8. The lowest BCUT2D eigenvalue weighted by Gasteiger charge is -2.19. The molecule has 0 heterocycles. The van der Waals surface area contributed by atoms with Crippen LogP contribution in [0, 0.1) is 5.82 Å². The minimum Gasteiger partial charge on any atom is -0.373 e. The van der Waals surface area contributed by atoms with Crippen LogP contribution in [-0.4, -0.2) is 26.0 Å². The van der Waals surface area contributed by atoms with Crippen LogP contribution < -0.4 is 10.2 Å². The molecule has 0 unspecified atom stereocenters. The standard InChI is InChI=1S/C18H21FN2O/c1-21(16-8-3-2-4-9-16)14-13-20-18(22)12-11-15-7-5-6-10-17(15)19/h2-10H,11-14H2,1H3,(H,20,22). The number of carbonyl (C=O) groups excluding carboxylic acids is 1. The average molecular weight is 300 g/mol. The molecule has 0 aliphatic heterocycles. The molecule has 4 heteroatoms. The Labute approximate surface area is 130 Å². The molecule has 1 N–H and O–H groups in total. The number of amides is 1. The Hall–Kier alpha value is -2.36. The molecule has 3 nitrogen and oxygen atoms in total. The predicted octanol–water partition coefficient (Wildman–Crippen LogP) is 3.01. The van der Waals surface area contributed by atoms with Gasteiger partial charge < -0.3 is 10.2 Å². The smallest absolute Gasteiger partial charge is 0.220 e. The number of nitrogens with zero attached hydrogens (tertiary/aromatic N) is 1. The fourth-order valence-electron chi connectivity index (χ4n) is 2.21. The maximum absolute atomic E-state index is 13.4. The van der Waals surface area contributed by atoms with Crippen molar-refractivity contribution in [1.82, 2.24) is 5.32 Å². The number of para-hydroxylation sites is 1. The number of benzene rings is 2. The quantitative estimate of drug-likeness (QED) is 0.852. The van der Waals surface area contributed by atoms with E-state index in [-0.39, 0.29) is 11.7 Å². The van der Waals surface area contributed by atoms with Crippen LogP contribution in [0.1, 0.15) is 12.0 Å². The predicted molar refractivity (Wildman–Crippen MR) is 87.4 cm³/mol. The van der Waals surface area contributed by atoms with Crippen molar-refractivity contribution in [2.45, 2.75) is 12.8 Å². The highest BCUT2D eigenvalue weighted by Crippen LogP contribution is 2.10. The van der Waals surface area contributed by atoms with Gasteiger partial charge in [0.05, 0.1) is 0 Å². The monoisotopic (exact) mass is 300 g/mol. The van der Waals surface area contributed by atoms with Crippen LogP contribution in [0.3, 0.4) is 0 Å². The Morgan fingerprint density at radius 1 is 1.09 bits per heavy atom. The Balaban J connectivity index is 1.69. The van der Waals surface area contributed by atoms with E-state index in [9.17, 15) is 9.18 Å². The summed E-state index contributed by atoms with van der Waals surface area (Å²) in [5.74, 6) is -0.302. The fourth-order valence-corrected chi connectivity index (χ4v) is 2.21. The third kappa shape index (κ3) is 4.88. The van der Waals surface area contributed by atoms with Gasteiger partial charge in [-0.2, -0.15) is 0 Å². The van der Waals surface area contributed by atoms with E-state index in [2.05, 4.69) is 10.2 Å². The molecule has 116 valence electrons. The number of rotatable bonds is 7. The van der Waals surface area contributed by atoms with Crippen LogP contribution in [0.2, 0.25) is 0 Å². The van der Waals surface area contributed by atoms with Crippen LogP contribution in [-0.2, 0) is 11.2 Å². The van der Waals surface area contributed by atoms with Crippen molar-refractivity contribution in [2.75, 3.05) is 25.0 Å². The summed E-state index contributed by atoms with van der Waals surface area (Å²) in [7, 11) is 1.99. The third-order valence-corrected chi connectivity index (χ3v) is 3.55. The highest BCUT2D eigenvalue weighted by atomic mass is 19.1. The highest BCUT2D eigenvalue weighted by Gasteiger charge is 2.06. The van der Waals surface area contributed by atoms with Gasteiger partial charge in [0, 0.05) is 32.2 Å². The van der Waals surface area contributed by atoms with E-state index in [1.54, 1.807) is 18.2 Å². The second-order valence-electron chi connectivity index (χ2n) is 5.20. The number of carbonyl (C=O) groups is 1. The van der Waals surface area contributed by atoms with Crippen molar-refractivity contribution in [3.05, 3.63) is 66.0 Å². The summed E-state index contributed by atoms with van der Waals surface area (Å²) in [6.45, 7) is 1.30. The van der Waals surface area contributed by atoms with Gasteiger partial charge in [-0.25, -0.2) is 4.39 Å². The van der Waals surface area contributed by atoms with E-state index in [1.807, 2.05) is 37.4 Å². The van der Waals surface area contributed by atoms with E-state index >= 15 is 0 Å². The topological polar surface area (TPSA) is 32.3 Å². The molecule has 0 saturated carbocycles. The van der Waals surface area contributed by atoms with Crippen LogP contribution >= 0.6 is 0 Å². The number of hydrogen-bond acceptors (Lipinski definition) is 2. The number of aryl methyl sites for hydroxylation is 1. The first-order chi connectivity index (χ1) is 10.7. The Bertz CT molecular complexity index is 601. The molecule has 2 aromatic carbocycles. The molecule has 2 rings (SSSR count). The van der Waals surface area contributed by atoms with Crippen molar-refractivity contribution < 1.29 is 9.18 Å². The normalized spacial score (nSPS) is 10.3. The second-order valence-corrected chi connectivity index (χ2v) is 5.20. The number of anilines is 1. The molecule has 0 radical (unpaired) electrons. The Morgan fingerprint density at radius 2 is 1.77 bits per heavy atom. The van der Waals surface area contributed by atoms with Gasteiger partial charge in [-0.3, -0.25) is 4.79 Å². The van der Waals surface area contributed by atoms with E-state index in [0.29, 0.717) is 24.9 Å². The third-order valence-electron chi connectivity index (χ3n) is 3.55. The number of hydrogen-bond donors (Lipinski definition) is 1. The van der Waals surface area contributed by atoms with Gasteiger partial charge in [-0.05, 0) is 30.2 Å². The molecule has 0 spiro atoms. The molecule has 0 aliphatic carbocycles. The molecule has 0 aromatic heterocycles. The highest BCUT2D eigenvalue weighted by molar-refractivity contribution is 5.76. The number of nitrogens with one attached hydrogen (secondary N) is 1. The first-order valence-electron chi connectivity index (χ1n) is 7.43. The van der Waals surface area contributed by atoms with Gasteiger partial charge in [0.2, 0.25) is 5.91 Å². The second kappa shape index (κ2) is 8.17. The minimum absolute atomic E-state index is 0.0512. The van der Waals surface area contributed by atoms with E-state index < -0.39 is 0 Å². The van der Waals surface area contributed by atoms with Crippen LogP contribution in [0.15, 0.2) is 54.6 Å². The lowest BCUT2D eigenvalue weighted by atomic mass is 10.1. The van der Waals surface area contributed by atoms with Crippen molar-refractivity contribution in [2.24, 2.45) is 0 Å². The molecule has 0 fully saturated rings. The van der Waals surface area contributed by atoms with Crippen LogP contribution in [0.4, 0.5) is 10.1 Å². The minimum atomic E-state index is -0.251. The lowest BCUT2D eigenvalue weighted by molar-refractivity contribution is -0.120. The molecule has 0 aliphatic rings. The SMILES string of the molecule is CN(CCNC(=O)CCc1ccccc1F)c1ccccc1. The summed E-state index contributed by atoms with van der Waals surface area (Å²) in [5, 5.41) is 2.87. The maximum Gasteiger partial charge on any atom is 0.220 e. The van der Waals surface area contributed by atoms with Crippen molar-refractivity contribution in [3.63, 3.8) is 0 Å². The fraction of sp³-hybridized carbons (Fsp3) is 0.278. The van der Waals surface area contributed by atoms with Crippen molar-refractivity contribution in [1.29, 1.82) is 0 Å². The van der Waals surface area contributed by atoms with Gasteiger partial charge in [0.1, 0.15) is 5.82 Å². The molecule has 2 aromatic rings. The van der Waals surface area contributed by atoms with Gasteiger partial charge >= 0.3 is 0 Å². The van der Waals surface area contributed by atoms with E-state index in [4.69, 9.17) is 0 Å². The van der Waals surface area contributed by atoms with Crippen LogP contribution in [0.25, 0.3) is 0 Å². The summed E-state index contributed by atoms with van der Waals surface area (Å²) >= 11 is 0. The molecule has 22 heavy (non-hydrogen) atoms. The van der Waals surface area contributed by atoms with Crippen molar-refractivity contribution >= 4 is 11.6 Å². The molecule has 1 amide bonds. The number of halogens is 1. The van der Waals surface area contributed by atoms with Crippen LogP contribution in [0.5, 0.6) is 0 Å². The van der Waals surface area contributed by atoms with E-state index in [1.165, 1.54) is 6.07 Å². The maximum atomic E-state index is 13.4. The van der Waals surface area contributed by atoms with Gasteiger partial charge in [0.15, 0.2) is 0 Å². The van der Waals surface area contributed by atoms with Crippen molar-refractivity contribution in [3.8, 4) is 0 Å². The van der Waals surface area contributed by atoms with Gasteiger partial charge in [0.25, 0.3) is 0 Å². The van der Waals surface area contributed by atoms with Gasteiger partial charge in [-0.15, -0.1) is 0 Å². The zero-order chi connectivity index (χ0) is 15.8. The lowest BCUT2D eigenvalue weighted by Crippen LogP contribution is -2.33. The summed E-state index contributed by atoms with van der Waals surface area (Å²) in [6, 6.07) is 16.6.